The predicted molar refractivity (Wildman–Crippen MR) is 102 cm³/mol. The molecule has 0 saturated carbocycles. The van der Waals surface area contributed by atoms with Gasteiger partial charge in [-0.15, -0.1) is 0 Å². The van der Waals surface area contributed by atoms with Gasteiger partial charge in [0, 0.05) is 29.7 Å². The van der Waals surface area contributed by atoms with Gasteiger partial charge in [0.05, 0.1) is 6.61 Å². The fourth-order valence-electron chi connectivity index (χ4n) is 2.78. The molecule has 1 heterocycles. The zero-order valence-corrected chi connectivity index (χ0v) is 14.3. The number of aromatic amines is 1. The molecule has 4 heteroatoms. The van der Waals surface area contributed by atoms with Crippen LogP contribution < -0.4 is 10.1 Å². The number of fused-ring (bicyclic) bond motifs is 1. The average molecular weight is 334 g/mol. The summed E-state index contributed by atoms with van der Waals surface area (Å²) in [6, 6.07) is 15.9. The zero-order valence-electron chi connectivity index (χ0n) is 14.3. The van der Waals surface area contributed by atoms with Crippen molar-refractivity contribution in [1.82, 2.24) is 10.3 Å². The maximum atomic E-state index is 12.0. The third kappa shape index (κ3) is 4.29. The minimum atomic E-state index is -0.0980. The second-order valence-corrected chi connectivity index (χ2v) is 5.70. The number of carbonyl (C=O) groups is 1. The van der Waals surface area contributed by atoms with E-state index >= 15 is 0 Å². The number of para-hydroxylation sites is 2. The first-order valence-electron chi connectivity index (χ1n) is 8.50. The average Bonchev–Trinajstić information content (AvgIpc) is 3.05. The fraction of sp³-hybridized carbons (Fsp3) is 0.190. The van der Waals surface area contributed by atoms with Gasteiger partial charge in [0.2, 0.25) is 5.91 Å². The van der Waals surface area contributed by atoms with Crippen LogP contribution in [0.3, 0.4) is 0 Å². The minimum Gasteiger partial charge on any atom is -0.494 e. The summed E-state index contributed by atoms with van der Waals surface area (Å²) < 4.78 is 5.60. The van der Waals surface area contributed by atoms with Gasteiger partial charge in [-0.1, -0.05) is 36.4 Å². The molecule has 0 radical (unpaired) electrons. The number of rotatable bonds is 7. The summed E-state index contributed by atoms with van der Waals surface area (Å²) >= 11 is 0. The summed E-state index contributed by atoms with van der Waals surface area (Å²) in [6.07, 6.45) is 6.06. The van der Waals surface area contributed by atoms with Crippen molar-refractivity contribution in [1.29, 1.82) is 0 Å². The molecule has 0 aliphatic carbocycles. The lowest BCUT2D eigenvalue weighted by Crippen LogP contribution is -2.23. The lowest BCUT2D eigenvalue weighted by Gasteiger charge is -2.09. The molecule has 0 atom stereocenters. The zero-order chi connectivity index (χ0) is 17.5. The summed E-state index contributed by atoms with van der Waals surface area (Å²) in [7, 11) is 0. The van der Waals surface area contributed by atoms with E-state index in [2.05, 4.69) is 10.3 Å². The van der Waals surface area contributed by atoms with E-state index in [0.717, 1.165) is 34.2 Å². The molecule has 0 saturated heterocycles. The molecule has 0 spiro atoms. The van der Waals surface area contributed by atoms with E-state index in [0.29, 0.717) is 13.2 Å². The molecule has 0 fully saturated rings. The van der Waals surface area contributed by atoms with Crippen molar-refractivity contribution in [3.63, 3.8) is 0 Å². The van der Waals surface area contributed by atoms with Gasteiger partial charge < -0.3 is 15.0 Å². The maximum absolute atomic E-state index is 12.0. The molecular formula is C21H22N2O2. The smallest absolute Gasteiger partial charge is 0.244 e. The van der Waals surface area contributed by atoms with Crippen molar-refractivity contribution >= 4 is 22.9 Å². The van der Waals surface area contributed by atoms with Crippen LogP contribution in [0.15, 0.2) is 60.8 Å². The molecule has 0 bridgehead atoms. The van der Waals surface area contributed by atoms with Crippen LogP contribution in [-0.4, -0.2) is 24.0 Å². The number of carbonyl (C=O) groups excluding carboxylic acids is 1. The van der Waals surface area contributed by atoms with Gasteiger partial charge in [-0.3, -0.25) is 4.79 Å². The first-order valence-corrected chi connectivity index (χ1v) is 8.50. The minimum absolute atomic E-state index is 0.0980. The lowest BCUT2D eigenvalue weighted by atomic mass is 10.1. The predicted octanol–water partition coefficient (Wildman–Crippen LogP) is 3.94. The molecule has 25 heavy (non-hydrogen) atoms. The molecule has 1 amide bonds. The van der Waals surface area contributed by atoms with E-state index in [1.165, 1.54) is 0 Å². The van der Waals surface area contributed by atoms with Crippen LogP contribution in [0.25, 0.3) is 17.0 Å². The van der Waals surface area contributed by atoms with Crippen LogP contribution in [0.4, 0.5) is 0 Å². The first kappa shape index (κ1) is 16.8. The lowest BCUT2D eigenvalue weighted by molar-refractivity contribution is -0.116. The Labute approximate surface area is 147 Å². The summed E-state index contributed by atoms with van der Waals surface area (Å²) in [5.41, 5.74) is 3.17. The molecule has 0 aliphatic rings. The van der Waals surface area contributed by atoms with Gasteiger partial charge in [0.1, 0.15) is 5.75 Å². The SMILES string of the molecule is CCOc1ccccc1CCNC(=O)/C=C/c1c[nH]c2ccccc12. The Hall–Kier alpha value is -3.01. The van der Waals surface area contributed by atoms with Gasteiger partial charge in [0.15, 0.2) is 0 Å². The summed E-state index contributed by atoms with van der Waals surface area (Å²) in [5, 5.41) is 4.03. The number of aromatic nitrogens is 1. The number of benzene rings is 2. The van der Waals surface area contributed by atoms with Gasteiger partial charge in [-0.05, 0) is 42.7 Å². The topological polar surface area (TPSA) is 54.1 Å². The highest BCUT2D eigenvalue weighted by Gasteiger charge is 2.04. The fourth-order valence-corrected chi connectivity index (χ4v) is 2.78. The van der Waals surface area contributed by atoms with Crippen LogP contribution in [0.2, 0.25) is 0 Å². The maximum Gasteiger partial charge on any atom is 0.244 e. The molecule has 0 unspecified atom stereocenters. The Bertz CT molecular complexity index is 880. The van der Waals surface area contributed by atoms with Gasteiger partial charge >= 0.3 is 0 Å². The van der Waals surface area contributed by atoms with E-state index in [4.69, 9.17) is 4.74 Å². The van der Waals surface area contributed by atoms with E-state index in [-0.39, 0.29) is 5.91 Å². The van der Waals surface area contributed by atoms with Crippen molar-refractivity contribution in [2.75, 3.05) is 13.2 Å². The second kappa shape index (κ2) is 8.20. The standard InChI is InChI=1S/C21H22N2O2/c1-2-25-20-10-6-3-7-16(20)13-14-22-21(24)12-11-17-15-23-19-9-5-4-8-18(17)19/h3-12,15,23H,2,13-14H2,1H3,(H,22,24)/b12-11+. The highest BCUT2D eigenvalue weighted by Crippen LogP contribution is 2.19. The molecule has 4 nitrogen and oxygen atoms in total. The van der Waals surface area contributed by atoms with Gasteiger partial charge in [-0.2, -0.15) is 0 Å². The van der Waals surface area contributed by atoms with E-state index < -0.39 is 0 Å². The number of nitrogens with one attached hydrogen (secondary N) is 2. The third-order valence-corrected chi connectivity index (χ3v) is 4.00. The van der Waals surface area contributed by atoms with E-state index in [1.54, 1.807) is 6.08 Å². The highest BCUT2D eigenvalue weighted by molar-refractivity contribution is 5.96. The van der Waals surface area contributed by atoms with Crippen molar-refractivity contribution < 1.29 is 9.53 Å². The van der Waals surface area contributed by atoms with Gasteiger partial charge in [-0.25, -0.2) is 0 Å². The molecule has 128 valence electrons. The molecule has 1 aromatic heterocycles. The largest absolute Gasteiger partial charge is 0.494 e. The quantitative estimate of drug-likeness (QED) is 0.643. The van der Waals surface area contributed by atoms with Crippen LogP contribution in [0, 0.1) is 0 Å². The number of ether oxygens (including phenoxy) is 1. The molecule has 0 aliphatic heterocycles. The monoisotopic (exact) mass is 334 g/mol. The summed E-state index contributed by atoms with van der Waals surface area (Å²) in [4.78, 5) is 15.2. The molecule has 2 aromatic carbocycles. The van der Waals surface area contributed by atoms with Gasteiger partial charge in [0.25, 0.3) is 0 Å². The molecule has 2 N–H and O–H groups in total. The van der Waals surface area contributed by atoms with Crippen molar-refractivity contribution in [2.45, 2.75) is 13.3 Å². The van der Waals surface area contributed by atoms with E-state index in [1.807, 2.05) is 67.7 Å². The highest BCUT2D eigenvalue weighted by atomic mass is 16.5. The number of hydrogen-bond donors (Lipinski definition) is 2. The van der Waals surface area contributed by atoms with Crippen molar-refractivity contribution in [3.8, 4) is 5.75 Å². The Morgan fingerprint density at radius 3 is 2.84 bits per heavy atom. The summed E-state index contributed by atoms with van der Waals surface area (Å²) in [6.45, 7) is 3.17. The van der Waals surface area contributed by atoms with Crippen LogP contribution in [-0.2, 0) is 11.2 Å². The molecular weight excluding hydrogens is 312 g/mol. The van der Waals surface area contributed by atoms with E-state index in [9.17, 15) is 4.79 Å². The Morgan fingerprint density at radius 1 is 1.16 bits per heavy atom. The van der Waals surface area contributed by atoms with Crippen LogP contribution in [0.1, 0.15) is 18.1 Å². The molecule has 3 aromatic rings. The van der Waals surface area contributed by atoms with Crippen LogP contribution in [0.5, 0.6) is 5.75 Å². The Balaban J connectivity index is 1.55. The third-order valence-electron chi connectivity index (χ3n) is 4.00. The number of H-pyrrole nitrogens is 1. The van der Waals surface area contributed by atoms with Crippen molar-refractivity contribution in [2.24, 2.45) is 0 Å². The first-order chi connectivity index (χ1) is 12.3. The Morgan fingerprint density at radius 2 is 1.96 bits per heavy atom. The Kier molecular flexibility index (Phi) is 5.52. The summed E-state index contributed by atoms with van der Waals surface area (Å²) in [5.74, 6) is 0.785. The van der Waals surface area contributed by atoms with Crippen molar-refractivity contribution in [3.05, 3.63) is 71.9 Å². The van der Waals surface area contributed by atoms with Crippen LogP contribution >= 0.6 is 0 Å². The number of amides is 1. The second-order valence-electron chi connectivity index (χ2n) is 5.70. The normalized spacial score (nSPS) is 11.1. The molecule has 3 rings (SSSR count). The number of hydrogen-bond acceptors (Lipinski definition) is 2.